The van der Waals surface area contributed by atoms with E-state index in [1.807, 2.05) is 24.3 Å². The molecule has 0 N–H and O–H groups in total. The minimum atomic E-state index is -2.57. The van der Waals surface area contributed by atoms with Crippen molar-refractivity contribution in [1.29, 1.82) is 0 Å². The second-order valence-corrected chi connectivity index (χ2v) is 6.99. The van der Waals surface area contributed by atoms with Crippen molar-refractivity contribution in [2.24, 2.45) is 5.92 Å². The third-order valence-electron chi connectivity index (χ3n) is 4.98. The highest BCUT2D eigenvalue weighted by Crippen LogP contribution is 2.50. The first-order valence-electron chi connectivity index (χ1n) is 8.19. The smallest absolute Gasteiger partial charge is 0.252 e. The lowest BCUT2D eigenvalue weighted by Gasteiger charge is -2.10. The fourth-order valence-electron chi connectivity index (χ4n) is 3.46. The lowest BCUT2D eigenvalue weighted by Crippen LogP contribution is -2.02. The second-order valence-electron chi connectivity index (χ2n) is 6.61. The van der Waals surface area contributed by atoms with Crippen molar-refractivity contribution in [2.45, 2.75) is 25.2 Å². The molecule has 1 aliphatic carbocycles. The molecule has 1 atom stereocenters. The Morgan fingerprint density at radius 3 is 2.88 bits per heavy atom. The number of nitrogens with zero attached hydrogens (tertiary/aromatic N) is 3. The lowest BCUT2D eigenvalue weighted by molar-refractivity contribution is 0.0984. The molecule has 4 nitrogen and oxygen atoms in total. The molecule has 0 bridgehead atoms. The number of para-hydroxylation sites is 1. The van der Waals surface area contributed by atoms with Gasteiger partial charge in [-0.2, -0.15) is 0 Å². The van der Waals surface area contributed by atoms with Crippen LogP contribution in [0.1, 0.15) is 17.8 Å². The number of fused-ring (bicyclic) bond motifs is 2. The summed E-state index contributed by atoms with van der Waals surface area (Å²) in [6, 6.07) is 7.85. The first-order chi connectivity index (χ1) is 12.0. The van der Waals surface area contributed by atoms with Crippen molar-refractivity contribution in [2.75, 3.05) is 6.61 Å². The molecule has 3 aromatic rings. The van der Waals surface area contributed by atoms with Crippen molar-refractivity contribution < 1.29 is 13.5 Å². The van der Waals surface area contributed by atoms with E-state index >= 15 is 0 Å². The van der Waals surface area contributed by atoms with E-state index < -0.39 is 11.8 Å². The average Bonchev–Trinajstić information content (AvgIpc) is 3.00. The first-order valence-corrected chi connectivity index (χ1v) is 8.57. The summed E-state index contributed by atoms with van der Waals surface area (Å²) in [4.78, 5) is 0. The molecule has 2 aromatic heterocycles. The molecule has 1 saturated carbocycles. The zero-order valence-electron chi connectivity index (χ0n) is 13.2. The molecule has 2 aliphatic rings. The summed E-state index contributed by atoms with van der Waals surface area (Å²) in [5.74, 6) is -1.85. The molecule has 0 radical (unpaired) electrons. The highest BCUT2D eigenvalue weighted by molar-refractivity contribution is 6.36. The Kier molecular flexibility index (Phi) is 3.10. The summed E-state index contributed by atoms with van der Waals surface area (Å²) in [7, 11) is 0. The summed E-state index contributed by atoms with van der Waals surface area (Å²) in [6.07, 6.45) is 2.80. The molecular formula is C18H14ClF2N3O. The Balaban J connectivity index is 1.58. The molecule has 25 heavy (non-hydrogen) atoms. The van der Waals surface area contributed by atoms with Crippen LogP contribution in [-0.4, -0.2) is 27.1 Å². The number of benzene rings is 1. The van der Waals surface area contributed by atoms with Crippen molar-refractivity contribution in [1.82, 2.24) is 14.6 Å². The predicted molar refractivity (Wildman–Crippen MR) is 89.4 cm³/mol. The fraction of sp³-hybridized carbons (Fsp3) is 0.333. The number of hydrogen-bond acceptors (Lipinski definition) is 3. The second kappa shape index (κ2) is 5.14. The van der Waals surface area contributed by atoms with Crippen molar-refractivity contribution in [3.63, 3.8) is 0 Å². The number of aromatic nitrogens is 3. The maximum absolute atomic E-state index is 13.2. The summed E-state index contributed by atoms with van der Waals surface area (Å²) in [6.45, 7) is 0.664. The third kappa shape index (κ3) is 2.31. The SMILES string of the molecule is FC1(F)CC1Cc1nnc2c(Cl)c(-c3cccc4c3OCC4)ccn12. The number of rotatable bonds is 3. The lowest BCUT2D eigenvalue weighted by atomic mass is 10.0. The monoisotopic (exact) mass is 361 g/mol. The van der Waals surface area contributed by atoms with Crippen LogP contribution in [0.25, 0.3) is 16.8 Å². The number of hydrogen-bond donors (Lipinski definition) is 0. The quantitative estimate of drug-likeness (QED) is 0.702. The van der Waals surface area contributed by atoms with E-state index in [-0.39, 0.29) is 12.8 Å². The Morgan fingerprint density at radius 1 is 1.24 bits per heavy atom. The number of halogens is 3. The van der Waals surface area contributed by atoms with Crippen molar-refractivity contribution in [3.8, 4) is 16.9 Å². The number of alkyl halides is 2. The standard InChI is InChI=1S/C18H14ClF2N3O/c19-15-12(13-3-1-2-10-5-7-25-16(10)13)4-6-24-14(22-23-17(15)24)8-11-9-18(11,20)21/h1-4,6,11H,5,7-9H2. The van der Waals surface area contributed by atoms with Crippen LogP contribution in [0.2, 0.25) is 5.02 Å². The van der Waals surface area contributed by atoms with Gasteiger partial charge in [-0.15, -0.1) is 10.2 Å². The highest BCUT2D eigenvalue weighted by Gasteiger charge is 2.56. The van der Waals surface area contributed by atoms with Crippen molar-refractivity contribution in [3.05, 3.63) is 46.9 Å². The van der Waals surface area contributed by atoms with Gasteiger partial charge in [-0.3, -0.25) is 4.40 Å². The van der Waals surface area contributed by atoms with Crippen LogP contribution in [0.3, 0.4) is 0 Å². The van der Waals surface area contributed by atoms with Crippen LogP contribution >= 0.6 is 11.6 Å². The van der Waals surface area contributed by atoms with Gasteiger partial charge in [-0.1, -0.05) is 29.8 Å². The van der Waals surface area contributed by atoms with E-state index in [2.05, 4.69) is 10.2 Å². The molecule has 1 unspecified atom stereocenters. The van der Waals surface area contributed by atoms with E-state index in [9.17, 15) is 8.78 Å². The van der Waals surface area contributed by atoms with E-state index in [1.54, 1.807) is 10.6 Å². The number of pyridine rings is 1. The highest BCUT2D eigenvalue weighted by atomic mass is 35.5. The predicted octanol–water partition coefficient (Wildman–Crippen LogP) is 4.18. The van der Waals surface area contributed by atoms with E-state index in [0.29, 0.717) is 23.1 Å². The maximum atomic E-state index is 13.2. The average molecular weight is 362 g/mol. The Morgan fingerprint density at radius 2 is 2.08 bits per heavy atom. The van der Waals surface area contributed by atoms with Crippen LogP contribution in [0.5, 0.6) is 5.75 Å². The van der Waals surface area contributed by atoms with Gasteiger partial charge in [0.05, 0.1) is 11.6 Å². The van der Waals surface area contributed by atoms with E-state index in [1.165, 1.54) is 0 Å². The van der Waals surface area contributed by atoms with Gasteiger partial charge in [0, 0.05) is 42.5 Å². The molecule has 1 fully saturated rings. The Bertz CT molecular complexity index is 1000. The zero-order valence-corrected chi connectivity index (χ0v) is 13.9. The van der Waals surface area contributed by atoms with Crippen LogP contribution in [0, 0.1) is 5.92 Å². The molecule has 128 valence electrons. The summed E-state index contributed by atoms with van der Waals surface area (Å²) in [5.41, 5.74) is 3.37. The topological polar surface area (TPSA) is 39.4 Å². The van der Waals surface area contributed by atoms with E-state index in [4.69, 9.17) is 16.3 Å². The Hall–Kier alpha value is -2.21. The van der Waals surface area contributed by atoms with Gasteiger partial charge in [0.25, 0.3) is 5.92 Å². The molecule has 1 aromatic carbocycles. The van der Waals surface area contributed by atoms with Gasteiger partial charge in [0.15, 0.2) is 5.65 Å². The maximum Gasteiger partial charge on any atom is 0.252 e. The molecule has 1 aliphatic heterocycles. The molecular weight excluding hydrogens is 348 g/mol. The molecule has 0 saturated heterocycles. The molecule has 3 heterocycles. The van der Waals surface area contributed by atoms with Gasteiger partial charge >= 0.3 is 0 Å². The largest absolute Gasteiger partial charge is 0.492 e. The minimum Gasteiger partial charge on any atom is -0.492 e. The van der Waals surface area contributed by atoms with Gasteiger partial charge in [0.1, 0.15) is 11.6 Å². The fourth-order valence-corrected chi connectivity index (χ4v) is 3.75. The van der Waals surface area contributed by atoms with Gasteiger partial charge in [-0.05, 0) is 11.6 Å². The minimum absolute atomic E-state index is 0.0821. The Labute approximate surface area is 147 Å². The van der Waals surface area contributed by atoms with Crippen LogP contribution in [0.15, 0.2) is 30.5 Å². The van der Waals surface area contributed by atoms with Crippen LogP contribution in [-0.2, 0) is 12.8 Å². The van der Waals surface area contributed by atoms with Gasteiger partial charge < -0.3 is 4.74 Å². The molecule has 5 rings (SSSR count). The third-order valence-corrected chi connectivity index (χ3v) is 5.35. The van der Waals surface area contributed by atoms with Gasteiger partial charge in [-0.25, -0.2) is 8.78 Å². The summed E-state index contributed by atoms with van der Waals surface area (Å²) < 4.78 is 33.8. The summed E-state index contributed by atoms with van der Waals surface area (Å²) >= 11 is 6.57. The first kappa shape index (κ1) is 15.1. The number of ether oxygens (including phenoxy) is 1. The normalized spacial score (nSPS) is 20.5. The van der Waals surface area contributed by atoms with Crippen molar-refractivity contribution >= 4 is 17.2 Å². The van der Waals surface area contributed by atoms with Crippen LogP contribution in [0.4, 0.5) is 8.78 Å². The van der Waals surface area contributed by atoms with E-state index in [0.717, 1.165) is 28.9 Å². The molecule has 0 spiro atoms. The summed E-state index contributed by atoms with van der Waals surface area (Å²) in [5, 5.41) is 8.65. The molecule has 7 heteroatoms. The zero-order chi connectivity index (χ0) is 17.2. The molecule has 0 amide bonds. The van der Waals surface area contributed by atoms with Gasteiger partial charge in [0.2, 0.25) is 0 Å². The van der Waals surface area contributed by atoms with Crippen LogP contribution < -0.4 is 4.74 Å².